The first kappa shape index (κ1) is 18.5. The molecular weight excluding hydrogens is 368 g/mol. The van der Waals surface area contributed by atoms with Gasteiger partial charge in [0.15, 0.2) is 11.5 Å². The number of ether oxygens (including phenoxy) is 2. The second kappa shape index (κ2) is 7.97. The Hall–Kier alpha value is -2.25. The van der Waals surface area contributed by atoms with Crippen LogP contribution in [-0.4, -0.2) is 40.5 Å². The van der Waals surface area contributed by atoms with Gasteiger partial charge in [0.2, 0.25) is 0 Å². The highest BCUT2D eigenvalue weighted by atomic mass is 32.2. The van der Waals surface area contributed by atoms with Crippen molar-refractivity contribution < 1.29 is 14.3 Å². The van der Waals surface area contributed by atoms with Gasteiger partial charge in [-0.15, -0.1) is 0 Å². The van der Waals surface area contributed by atoms with E-state index in [-0.39, 0.29) is 5.91 Å². The maximum atomic E-state index is 12.7. The van der Waals surface area contributed by atoms with E-state index in [4.69, 9.17) is 21.7 Å². The van der Waals surface area contributed by atoms with Crippen molar-refractivity contribution in [3.63, 3.8) is 0 Å². The number of amides is 1. The molecule has 0 atom stereocenters. The molecule has 0 bridgehead atoms. The van der Waals surface area contributed by atoms with Crippen molar-refractivity contribution >= 4 is 40.3 Å². The first-order chi connectivity index (χ1) is 12.5. The van der Waals surface area contributed by atoms with E-state index in [9.17, 15) is 4.79 Å². The van der Waals surface area contributed by atoms with Gasteiger partial charge in [0.1, 0.15) is 4.32 Å². The van der Waals surface area contributed by atoms with Crippen molar-refractivity contribution in [3.05, 3.63) is 52.7 Å². The molecule has 3 rings (SSSR count). The molecule has 2 heterocycles. The number of carbonyl (C=O) groups excluding carboxylic acids is 1. The minimum Gasteiger partial charge on any atom is -0.493 e. The molecule has 1 aromatic carbocycles. The number of thiocarbonyl (C=S) groups is 1. The summed E-state index contributed by atoms with van der Waals surface area (Å²) in [7, 11) is 5.17. The predicted octanol–water partition coefficient (Wildman–Crippen LogP) is 3.49. The van der Waals surface area contributed by atoms with Gasteiger partial charge in [-0.3, -0.25) is 9.69 Å². The molecular formula is C19H20N2O3S2. The molecule has 2 aromatic rings. The van der Waals surface area contributed by atoms with Gasteiger partial charge >= 0.3 is 0 Å². The van der Waals surface area contributed by atoms with E-state index in [0.717, 1.165) is 11.3 Å². The molecule has 26 heavy (non-hydrogen) atoms. The van der Waals surface area contributed by atoms with Crippen molar-refractivity contribution in [2.24, 2.45) is 7.05 Å². The molecule has 0 aliphatic carbocycles. The molecule has 0 spiro atoms. The molecule has 1 aliphatic heterocycles. The van der Waals surface area contributed by atoms with Crippen molar-refractivity contribution in [3.8, 4) is 11.5 Å². The largest absolute Gasteiger partial charge is 0.493 e. The molecule has 1 saturated heterocycles. The number of aromatic nitrogens is 1. The summed E-state index contributed by atoms with van der Waals surface area (Å²) in [5, 5.41) is 0. The van der Waals surface area contributed by atoms with Crippen molar-refractivity contribution in [1.82, 2.24) is 9.47 Å². The Morgan fingerprint density at radius 3 is 2.62 bits per heavy atom. The Kier molecular flexibility index (Phi) is 5.68. The van der Waals surface area contributed by atoms with Gasteiger partial charge in [0, 0.05) is 25.5 Å². The third-order valence-corrected chi connectivity index (χ3v) is 5.59. The van der Waals surface area contributed by atoms with Crippen LogP contribution in [0.3, 0.4) is 0 Å². The zero-order valence-electron chi connectivity index (χ0n) is 14.9. The van der Waals surface area contributed by atoms with E-state index in [1.165, 1.54) is 11.8 Å². The van der Waals surface area contributed by atoms with Crippen LogP contribution in [0.25, 0.3) is 6.08 Å². The Labute approximate surface area is 162 Å². The summed E-state index contributed by atoms with van der Waals surface area (Å²) in [6.45, 7) is 0.532. The van der Waals surface area contributed by atoms with Crippen LogP contribution in [0.2, 0.25) is 0 Å². The quantitative estimate of drug-likeness (QED) is 0.560. The van der Waals surface area contributed by atoms with E-state index in [2.05, 4.69) is 0 Å². The molecule has 1 aliphatic rings. The van der Waals surface area contributed by atoms with Gasteiger partial charge in [-0.1, -0.05) is 30.0 Å². The molecule has 1 amide bonds. The molecule has 0 radical (unpaired) electrons. The summed E-state index contributed by atoms with van der Waals surface area (Å²) in [6, 6.07) is 9.68. The lowest BCUT2D eigenvalue weighted by Gasteiger charge is -2.15. The van der Waals surface area contributed by atoms with E-state index in [1.54, 1.807) is 19.1 Å². The first-order valence-electron chi connectivity index (χ1n) is 8.11. The molecule has 5 nitrogen and oxygen atoms in total. The summed E-state index contributed by atoms with van der Waals surface area (Å²) < 4.78 is 13.1. The Morgan fingerprint density at radius 2 is 1.96 bits per heavy atom. The van der Waals surface area contributed by atoms with Crippen LogP contribution in [0.5, 0.6) is 11.5 Å². The van der Waals surface area contributed by atoms with Gasteiger partial charge in [0.05, 0.1) is 19.1 Å². The van der Waals surface area contributed by atoms with Gasteiger partial charge in [-0.2, -0.15) is 0 Å². The number of carbonyl (C=O) groups is 1. The Bertz CT molecular complexity index is 873. The lowest BCUT2D eigenvalue weighted by molar-refractivity contribution is -0.122. The van der Waals surface area contributed by atoms with Crippen LogP contribution in [0, 0.1) is 0 Å². The average Bonchev–Trinajstić information content (AvgIpc) is 3.16. The van der Waals surface area contributed by atoms with Crippen LogP contribution < -0.4 is 9.47 Å². The first-order valence-corrected chi connectivity index (χ1v) is 9.33. The lowest BCUT2D eigenvalue weighted by atomic mass is 10.1. The number of rotatable bonds is 6. The van der Waals surface area contributed by atoms with Crippen LogP contribution in [-0.2, 0) is 18.3 Å². The standard InChI is InChI=1S/C19H20N2O3S2/c1-20-9-4-5-14(20)12-17-18(22)21(19(25)26-17)10-8-13-6-7-15(23-2)16(11-13)24-3/h4-7,9,11-12H,8,10H2,1-3H3/b17-12+. The third kappa shape index (κ3) is 3.78. The number of thioether (sulfide) groups is 1. The number of nitrogens with zero attached hydrogens (tertiary/aromatic N) is 2. The minimum absolute atomic E-state index is 0.0401. The average molecular weight is 389 g/mol. The fraction of sp³-hybridized carbons (Fsp3) is 0.263. The second-order valence-electron chi connectivity index (χ2n) is 5.82. The van der Waals surface area contributed by atoms with Crippen molar-refractivity contribution in [2.75, 3.05) is 20.8 Å². The normalized spacial score (nSPS) is 15.8. The fourth-order valence-corrected chi connectivity index (χ4v) is 4.02. The minimum atomic E-state index is -0.0401. The van der Waals surface area contributed by atoms with E-state index in [0.29, 0.717) is 33.7 Å². The highest BCUT2D eigenvalue weighted by Gasteiger charge is 2.31. The van der Waals surface area contributed by atoms with Gasteiger partial charge < -0.3 is 14.0 Å². The summed E-state index contributed by atoms with van der Waals surface area (Å²) >= 11 is 6.75. The van der Waals surface area contributed by atoms with Crippen LogP contribution >= 0.6 is 24.0 Å². The third-order valence-electron chi connectivity index (χ3n) is 4.21. The predicted molar refractivity (Wildman–Crippen MR) is 109 cm³/mol. The van der Waals surface area contributed by atoms with E-state index < -0.39 is 0 Å². The molecule has 136 valence electrons. The smallest absolute Gasteiger partial charge is 0.266 e. The second-order valence-corrected chi connectivity index (χ2v) is 7.49. The molecule has 1 fully saturated rings. The zero-order chi connectivity index (χ0) is 18.7. The Balaban J connectivity index is 1.71. The number of hydrogen-bond acceptors (Lipinski definition) is 5. The zero-order valence-corrected chi connectivity index (χ0v) is 16.5. The Morgan fingerprint density at radius 1 is 1.19 bits per heavy atom. The summed E-state index contributed by atoms with van der Waals surface area (Å²) in [6.07, 6.45) is 4.52. The number of aryl methyl sites for hydroxylation is 1. The molecule has 0 N–H and O–H groups in total. The van der Waals surface area contributed by atoms with Crippen molar-refractivity contribution in [1.29, 1.82) is 0 Å². The van der Waals surface area contributed by atoms with Gasteiger partial charge in [-0.05, 0) is 42.3 Å². The van der Waals surface area contributed by atoms with Gasteiger partial charge in [-0.25, -0.2) is 0 Å². The molecule has 0 saturated carbocycles. The SMILES string of the molecule is COc1ccc(CCN2C(=O)/C(=C\c3cccn3C)SC2=S)cc1OC. The topological polar surface area (TPSA) is 43.7 Å². The number of hydrogen-bond donors (Lipinski definition) is 0. The molecule has 0 unspecified atom stereocenters. The molecule has 1 aromatic heterocycles. The highest BCUT2D eigenvalue weighted by Crippen LogP contribution is 2.33. The number of benzene rings is 1. The van der Waals surface area contributed by atoms with Crippen LogP contribution in [0.1, 0.15) is 11.3 Å². The van der Waals surface area contributed by atoms with Crippen LogP contribution in [0.15, 0.2) is 41.4 Å². The van der Waals surface area contributed by atoms with E-state index in [1.807, 2.05) is 54.2 Å². The fourth-order valence-electron chi connectivity index (χ4n) is 2.73. The maximum absolute atomic E-state index is 12.7. The molecule has 7 heteroatoms. The highest BCUT2D eigenvalue weighted by molar-refractivity contribution is 8.26. The summed E-state index contributed by atoms with van der Waals surface area (Å²) in [5.74, 6) is 1.33. The van der Waals surface area contributed by atoms with Gasteiger partial charge in [0.25, 0.3) is 5.91 Å². The van der Waals surface area contributed by atoms with Crippen molar-refractivity contribution in [2.45, 2.75) is 6.42 Å². The maximum Gasteiger partial charge on any atom is 0.266 e. The van der Waals surface area contributed by atoms with E-state index >= 15 is 0 Å². The monoisotopic (exact) mass is 388 g/mol. The lowest BCUT2D eigenvalue weighted by Crippen LogP contribution is -2.30. The number of methoxy groups -OCH3 is 2. The van der Waals surface area contributed by atoms with Crippen LogP contribution in [0.4, 0.5) is 0 Å². The summed E-state index contributed by atoms with van der Waals surface area (Å²) in [4.78, 5) is 15.0. The summed E-state index contributed by atoms with van der Waals surface area (Å²) in [5.41, 5.74) is 2.04.